The largest absolute Gasteiger partial charge is 0.370 e. The molecule has 0 amide bonds. The highest BCUT2D eigenvalue weighted by Crippen LogP contribution is 2.20. The summed E-state index contributed by atoms with van der Waals surface area (Å²) in [5.41, 5.74) is 6.75. The number of guanidine groups is 1. The first-order chi connectivity index (χ1) is 7.56. The van der Waals surface area contributed by atoms with Crippen LogP contribution >= 0.6 is 11.6 Å². The summed E-state index contributed by atoms with van der Waals surface area (Å²) in [6, 6.07) is 5.40. The molecular weight excluding hydrogens is 226 g/mol. The molecule has 0 aliphatic carbocycles. The molecule has 2 aromatic rings. The van der Waals surface area contributed by atoms with Gasteiger partial charge < -0.3 is 5.73 Å². The number of nitrogens with one attached hydrogen (secondary N) is 2. The van der Waals surface area contributed by atoms with E-state index < -0.39 is 0 Å². The average Bonchev–Trinajstić information content (AvgIpc) is 2.15. The Bertz CT molecular complexity index is 566. The topological polar surface area (TPSA) is 87.7 Å². The number of halogens is 1. The summed E-state index contributed by atoms with van der Waals surface area (Å²) in [4.78, 5) is 8.39. The zero-order valence-electron chi connectivity index (χ0n) is 8.58. The van der Waals surface area contributed by atoms with E-state index >= 15 is 0 Å². The van der Waals surface area contributed by atoms with Crippen LogP contribution in [-0.2, 0) is 0 Å². The Labute approximate surface area is 97.2 Å². The molecule has 0 bridgehead atoms. The van der Waals surface area contributed by atoms with Crippen molar-refractivity contribution in [2.24, 2.45) is 5.73 Å². The molecule has 0 saturated heterocycles. The van der Waals surface area contributed by atoms with E-state index in [2.05, 4.69) is 15.3 Å². The third kappa shape index (κ3) is 2.04. The Kier molecular flexibility index (Phi) is 2.62. The van der Waals surface area contributed by atoms with Crippen molar-refractivity contribution in [3.63, 3.8) is 0 Å². The number of nitrogens with two attached hydrogens (primary N) is 1. The first-order valence-corrected chi connectivity index (χ1v) is 4.99. The maximum atomic E-state index is 7.11. The first-order valence-electron chi connectivity index (χ1n) is 4.61. The monoisotopic (exact) mass is 235 g/mol. The lowest BCUT2D eigenvalue weighted by atomic mass is 10.2. The Hall–Kier alpha value is -1.88. The Balaban J connectivity index is 2.60. The van der Waals surface area contributed by atoms with Gasteiger partial charge in [0.1, 0.15) is 0 Å². The summed E-state index contributed by atoms with van der Waals surface area (Å²) in [6.07, 6.45) is 0. The van der Waals surface area contributed by atoms with Gasteiger partial charge in [0, 0.05) is 10.4 Å². The summed E-state index contributed by atoms with van der Waals surface area (Å²) in [7, 11) is 0. The van der Waals surface area contributed by atoms with Crippen LogP contribution in [0.1, 0.15) is 5.69 Å². The van der Waals surface area contributed by atoms with Crippen LogP contribution in [0.3, 0.4) is 0 Å². The second kappa shape index (κ2) is 3.94. The number of aromatic nitrogens is 2. The lowest BCUT2D eigenvalue weighted by Gasteiger charge is -2.06. The van der Waals surface area contributed by atoms with Crippen molar-refractivity contribution in [2.75, 3.05) is 5.32 Å². The fourth-order valence-corrected chi connectivity index (χ4v) is 1.60. The minimum absolute atomic E-state index is 0.194. The maximum Gasteiger partial charge on any atom is 0.230 e. The van der Waals surface area contributed by atoms with Gasteiger partial charge in [0.2, 0.25) is 5.95 Å². The van der Waals surface area contributed by atoms with Crippen molar-refractivity contribution in [2.45, 2.75) is 6.92 Å². The zero-order chi connectivity index (χ0) is 11.7. The lowest BCUT2D eigenvalue weighted by molar-refractivity contribution is 1.15. The van der Waals surface area contributed by atoms with Crippen molar-refractivity contribution >= 4 is 34.4 Å². The standard InChI is InChI=1S/C10H10ClN5/c1-5-7-3-2-6(11)4-8(7)15-10(14-5)16-9(12)13/h2-4H,1H3,(H4,12,13,14,15,16). The van der Waals surface area contributed by atoms with Crippen molar-refractivity contribution < 1.29 is 0 Å². The molecule has 5 nitrogen and oxygen atoms in total. The van der Waals surface area contributed by atoms with E-state index in [0.29, 0.717) is 11.0 Å². The van der Waals surface area contributed by atoms with Crippen molar-refractivity contribution in [3.05, 3.63) is 28.9 Å². The van der Waals surface area contributed by atoms with Gasteiger partial charge in [-0.2, -0.15) is 0 Å². The molecule has 0 radical (unpaired) electrons. The molecule has 0 unspecified atom stereocenters. The van der Waals surface area contributed by atoms with Crippen molar-refractivity contribution in [1.82, 2.24) is 9.97 Å². The zero-order valence-corrected chi connectivity index (χ0v) is 9.34. The number of hydrogen-bond donors (Lipinski definition) is 3. The third-order valence-corrected chi connectivity index (χ3v) is 2.33. The van der Waals surface area contributed by atoms with Gasteiger partial charge in [-0.15, -0.1) is 0 Å². The van der Waals surface area contributed by atoms with Gasteiger partial charge in [0.15, 0.2) is 5.96 Å². The Morgan fingerprint density at radius 3 is 2.88 bits per heavy atom. The molecule has 1 heterocycles. The van der Waals surface area contributed by atoms with Gasteiger partial charge >= 0.3 is 0 Å². The highest BCUT2D eigenvalue weighted by Gasteiger charge is 2.05. The molecular formula is C10H10ClN5. The number of hydrogen-bond acceptors (Lipinski definition) is 3. The van der Waals surface area contributed by atoms with Crippen molar-refractivity contribution in [1.29, 1.82) is 5.41 Å². The second-order valence-corrected chi connectivity index (χ2v) is 3.77. The third-order valence-electron chi connectivity index (χ3n) is 2.10. The van der Waals surface area contributed by atoms with Crippen LogP contribution in [-0.4, -0.2) is 15.9 Å². The normalized spacial score (nSPS) is 10.4. The molecule has 0 fully saturated rings. The minimum Gasteiger partial charge on any atom is -0.370 e. The molecule has 82 valence electrons. The molecule has 1 aromatic carbocycles. The molecule has 0 aliphatic rings. The van der Waals surface area contributed by atoms with Crippen LogP contribution in [0, 0.1) is 12.3 Å². The Morgan fingerprint density at radius 2 is 2.19 bits per heavy atom. The van der Waals surface area contributed by atoms with Gasteiger partial charge in [-0.1, -0.05) is 11.6 Å². The number of fused-ring (bicyclic) bond motifs is 1. The van der Waals surface area contributed by atoms with Crippen LogP contribution in [0.2, 0.25) is 5.02 Å². The van der Waals surface area contributed by atoms with Gasteiger partial charge in [0.25, 0.3) is 0 Å². The van der Waals surface area contributed by atoms with E-state index in [0.717, 1.165) is 16.6 Å². The van der Waals surface area contributed by atoms with Crippen molar-refractivity contribution in [3.8, 4) is 0 Å². The number of aryl methyl sites for hydroxylation is 1. The summed E-state index contributed by atoms with van der Waals surface area (Å²) in [5.74, 6) is 0.112. The molecule has 0 aliphatic heterocycles. The molecule has 4 N–H and O–H groups in total. The van der Waals surface area contributed by atoms with Crippen LogP contribution in [0.15, 0.2) is 18.2 Å². The van der Waals surface area contributed by atoms with E-state index in [1.54, 1.807) is 12.1 Å². The molecule has 0 saturated carbocycles. The predicted octanol–water partition coefficient (Wildman–Crippen LogP) is 1.90. The highest BCUT2D eigenvalue weighted by molar-refractivity contribution is 6.31. The summed E-state index contributed by atoms with van der Waals surface area (Å²) >= 11 is 5.88. The predicted molar refractivity (Wildman–Crippen MR) is 64.8 cm³/mol. The summed E-state index contributed by atoms with van der Waals surface area (Å²) in [6.45, 7) is 1.86. The molecule has 1 aromatic heterocycles. The SMILES string of the molecule is Cc1nc(NC(=N)N)nc2cc(Cl)ccc12. The minimum atomic E-state index is -0.194. The smallest absolute Gasteiger partial charge is 0.230 e. The number of benzene rings is 1. The van der Waals surface area contributed by atoms with E-state index in [-0.39, 0.29) is 5.96 Å². The van der Waals surface area contributed by atoms with E-state index in [4.69, 9.17) is 22.7 Å². The lowest BCUT2D eigenvalue weighted by Crippen LogP contribution is -2.22. The van der Waals surface area contributed by atoms with Gasteiger partial charge in [0.05, 0.1) is 11.2 Å². The Morgan fingerprint density at radius 1 is 1.44 bits per heavy atom. The fourth-order valence-electron chi connectivity index (χ4n) is 1.44. The van der Waals surface area contributed by atoms with E-state index in [1.165, 1.54) is 0 Å². The summed E-state index contributed by atoms with van der Waals surface area (Å²) in [5, 5.41) is 11.2. The first kappa shape index (κ1) is 10.6. The fraction of sp³-hybridized carbons (Fsp3) is 0.100. The summed E-state index contributed by atoms with van der Waals surface area (Å²) < 4.78 is 0. The van der Waals surface area contributed by atoms with Gasteiger partial charge in [-0.3, -0.25) is 10.7 Å². The molecule has 16 heavy (non-hydrogen) atoms. The number of nitrogens with zero attached hydrogens (tertiary/aromatic N) is 2. The maximum absolute atomic E-state index is 7.11. The van der Waals surface area contributed by atoms with Crippen LogP contribution in [0.25, 0.3) is 10.9 Å². The van der Waals surface area contributed by atoms with Crippen LogP contribution in [0.5, 0.6) is 0 Å². The average molecular weight is 236 g/mol. The highest BCUT2D eigenvalue weighted by atomic mass is 35.5. The number of rotatable bonds is 1. The quantitative estimate of drug-likeness (QED) is 0.520. The van der Waals surface area contributed by atoms with Gasteiger partial charge in [-0.25, -0.2) is 9.97 Å². The van der Waals surface area contributed by atoms with Gasteiger partial charge in [-0.05, 0) is 25.1 Å². The van der Waals surface area contributed by atoms with E-state index in [9.17, 15) is 0 Å². The van der Waals surface area contributed by atoms with E-state index in [1.807, 2.05) is 13.0 Å². The molecule has 2 rings (SSSR count). The van der Waals surface area contributed by atoms with Crippen LogP contribution < -0.4 is 11.1 Å². The molecule has 0 atom stereocenters. The number of anilines is 1. The molecule has 0 spiro atoms. The van der Waals surface area contributed by atoms with Crippen LogP contribution in [0.4, 0.5) is 5.95 Å². The molecule has 6 heteroatoms. The second-order valence-electron chi connectivity index (χ2n) is 3.33.